The van der Waals surface area contributed by atoms with Gasteiger partial charge in [-0.3, -0.25) is 0 Å². The fourth-order valence-corrected chi connectivity index (χ4v) is 1.92. The second-order valence-corrected chi connectivity index (χ2v) is 4.69. The Balaban J connectivity index is 1.75. The minimum atomic E-state index is 0.645. The molecule has 3 heteroatoms. The third kappa shape index (κ3) is 3.96. The lowest BCUT2D eigenvalue weighted by Crippen LogP contribution is -1.82. The molecule has 0 aliphatic heterocycles. The van der Waals surface area contributed by atoms with Crippen LogP contribution in [0.3, 0.4) is 0 Å². The van der Waals surface area contributed by atoms with Crippen LogP contribution in [0.1, 0.15) is 11.1 Å². The molecule has 0 saturated carbocycles. The van der Waals surface area contributed by atoms with E-state index in [0.29, 0.717) is 11.6 Å². The summed E-state index contributed by atoms with van der Waals surface area (Å²) in [7, 11) is 0. The largest absolute Gasteiger partial charge is 0.236 e. The molecule has 3 rings (SSSR count). The molecule has 1 heterocycles. The van der Waals surface area contributed by atoms with Crippen LogP contribution in [0, 0.1) is 0 Å². The van der Waals surface area contributed by atoms with Crippen LogP contribution in [-0.4, -0.2) is 17.4 Å². The Morgan fingerprint density at radius 1 is 0.545 bits per heavy atom. The minimum absolute atomic E-state index is 0.645. The number of aromatic nitrogens is 1. The van der Waals surface area contributed by atoms with Gasteiger partial charge < -0.3 is 0 Å². The molecule has 2 aromatic carbocycles. The number of rotatable bonds is 4. The first-order valence-electron chi connectivity index (χ1n) is 7.05. The summed E-state index contributed by atoms with van der Waals surface area (Å²) >= 11 is 0. The Labute approximate surface area is 129 Å². The van der Waals surface area contributed by atoms with E-state index in [-0.39, 0.29) is 0 Å². The summed E-state index contributed by atoms with van der Waals surface area (Å²) in [5, 5.41) is 0. The van der Waals surface area contributed by atoms with Gasteiger partial charge in [-0.15, -0.1) is 0 Å². The number of nitrogens with zero attached hydrogens (tertiary/aromatic N) is 3. The van der Waals surface area contributed by atoms with E-state index >= 15 is 0 Å². The van der Waals surface area contributed by atoms with Crippen LogP contribution in [0.2, 0.25) is 0 Å². The van der Waals surface area contributed by atoms with Crippen LogP contribution in [0.4, 0.5) is 11.6 Å². The third-order valence-corrected chi connectivity index (χ3v) is 3.01. The molecule has 1 aromatic heterocycles. The maximum absolute atomic E-state index is 4.41. The van der Waals surface area contributed by atoms with Crippen molar-refractivity contribution in [2.24, 2.45) is 9.98 Å². The summed E-state index contributed by atoms with van der Waals surface area (Å²) in [4.78, 5) is 13.2. The summed E-state index contributed by atoms with van der Waals surface area (Å²) < 4.78 is 0. The topological polar surface area (TPSA) is 37.6 Å². The van der Waals surface area contributed by atoms with Crippen LogP contribution in [0.25, 0.3) is 0 Å². The third-order valence-electron chi connectivity index (χ3n) is 3.01. The zero-order valence-corrected chi connectivity index (χ0v) is 12.0. The molecule has 3 aromatic rings. The van der Waals surface area contributed by atoms with Crippen molar-refractivity contribution in [1.82, 2.24) is 4.98 Å². The highest BCUT2D eigenvalue weighted by atomic mass is 15.0. The average Bonchev–Trinajstić information content (AvgIpc) is 2.60. The van der Waals surface area contributed by atoms with E-state index in [9.17, 15) is 0 Å². The number of pyridine rings is 1. The van der Waals surface area contributed by atoms with Gasteiger partial charge in [-0.2, -0.15) is 0 Å². The Morgan fingerprint density at radius 2 is 1.00 bits per heavy atom. The maximum atomic E-state index is 4.41. The molecule has 0 saturated heterocycles. The lowest BCUT2D eigenvalue weighted by molar-refractivity contribution is 1.25. The molecule has 0 aliphatic rings. The second-order valence-electron chi connectivity index (χ2n) is 4.69. The molecule has 0 fully saturated rings. The van der Waals surface area contributed by atoms with Crippen molar-refractivity contribution in [2.75, 3.05) is 0 Å². The molecule has 0 radical (unpaired) electrons. The molecule has 0 spiro atoms. The van der Waals surface area contributed by atoms with Gasteiger partial charge in [0.2, 0.25) is 0 Å². The Bertz CT molecular complexity index is 713. The monoisotopic (exact) mass is 285 g/mol. The normalized spacial score (nSPS) is 11.3. The molecule has 22 heavy (non-hydrogen) atoms. The summed E-state index contributed by atoms with van der Waals surface area (Å²) in [6, 6.07) is 25.5. The van der Waals surface area contributed by atoms with Gasteiger partial charge in [0.1, 0.15) is 0 Å². The van der Waals surface area contributed by atoms with Gasteiger partial charge in [0.05, 0.1) is 0 Å². The first kappa shape index (κ1) is 13.9. The van der Waals surface area contributed by atoms with Crippen molar-refractivity contribution in [2.45, 2.75) is 0 Å². The van der Waals surface area contributed by atoms with E-state index < -0.39 is 0 Å². The average molecular weight is 285 g/mol. The minimum Gasteiger partial charge on any atom is -0.236 e. The van der Waals surface area contributed by atoms with E-state index in [1.165, 1.54) is 0 Å². The number of aliphatic imine (C=N–C) groups is 2. The lowest BCUT2D eigenvalue weighted by atomic mass is 10.2. The van der Waals surface area contributed by atoms with E-state index in [1.807, 2.05) is 78.9 Å². The smallest absolute Gasteiger partial charge is 0.154 e. The molecule has 0 bridgehead atoms. The predicted molar refractivity (Wildman–Crippen MR) is 91.6 cm³/mol. The van der Waals surface area contributed by atoms with Crippen molar-refractivity contribution >= 4 is 24.1 Å². The van der Waals surface area contributed by atoms with Gasteiger partial charge in [0.15, 0.2) is 11.6 Å². The highest BCUT2D eigenvalue weighted by Gasteiger charge is 1.94. The summed E-state index contributed by atoms with van der Waals surface area (Å²) in [6.45, 7) is 0. The van der Waals surface area contributed by atoms with Crippen molar-refractivity contribution < 1.29 is 0 Å². The first-order valence-corrected chi connectivity index (χ1v) is 7.05. The van der Waals surface area contributed by atoms with Gasteiger partial charge in [-0.25, -0.2) is 15.0 Å². The van der Waals surface area contributed by atoms with E-state index in [0.717, 1.165) is 11.1 Å². The van der Waals surface area contributed by atoms with Gasteiger partial charge in [0, 0.05) is 12.4 Å². The molecule has 0 aliphatic carbocycles. The molecule has 3 nitrogen and oxygen atoms in total. The van der Waals surface area contributed by atoms with Crippen molar-refractivity contribution in [1.29, 1.82) is 0 Å². The van der Waals surface area contributed by atoms with Crippen LogP contribution in [0.5, 0.6) is 0 Å². The molecule has 0 unspecified atom stereocenters. The predicted octanol–water partition coefficient (Wildman–Crippen LogP) is 4.58. The zero-order chi connectivity index (χ0) is 15.0. The van der Waals surface area contributed by atoms with E-state index in [4.69, 9.17) is 0 Å². The fraction of sp³-hybridized carbons (Fsp3) is 0. The highest BCUT2D eigenvalue weighted by Crippen LogP contribution is 2.15. The van der Waals surface area contributed by atoms with Crippen LogP contribution in [-0.2, 0) is 0 Å². The van der Waals surface area contributed by atoms with Gasteiger partial charge in [-0.05, 0) is 23.3 Å². The SMILES string of the molecule is C(=Nc1cccc(/N=C/c2ccccc2)n1)c1ccccc1. The number of hydrogen-bond acceptors (Lipinski definition) is 3. The number of benzene rings is 2. The van der Waals surface area contributed by atoms with Gasteiger partial charge in [0.25, 0.3) is 0 Å². The second kappa shape index (κ2) is 7.09. The van der Waals surface area contributed by atoms with Gasteiger partial charge >= 0.3 is 0 Å². The summed E-state index contributed by atoms with van der Waals surface area (Å²) in [6.07, 6.45) is 3.60. The first-order chi connectivity index (χ1) is 10.9. The van der Waals surface area contributed by atoms with Crippen molar-refractivity contribution in [3.8, 4) is 0 Å². The molecule has 0 N–H and O–H groups in total. The Hall–Kier alpha value is -3.07. The quantitative estimate of drug-likeness (QED) is 0.646. The summed E-state index contributed by atoms with van der Waals surface area (Å²) in [5.74, 6) is 1.29. The fourth-order valence-electron chi connectivity index (χ4n) is 1.92. The zero-order valence-electron chi connectivity index (χ0n) is 12.0. The number of hydrogen-bond donors (Lipinski definition) is 0. The molecular weight excluding hydrogens is 270 g/mol. The molecule has 0 amide bonds. The van der Waals surface area contributed by atoms with Gasteiger partial charge in [-0.1, -0.05) is 66.7 Å². The van der Waals surface area contributed by atoms with Crippen LogP contribution < -0.4 is 0 Å². The Kier molecular flexibility index (Phi) is 4.47. The standard InChI is InChI=1S/C19H15N3/c1-3-8-16(9-4-1)14-20-18-12-7-13-19(22-18)21-15-17-10-5-2-6-11-17/h1-15H/b20-14+,21-15?. The van der Waals surface area contributed by atoms with Crippen LogP contribution in [0.15, 0.2) is 88.8 Å². The Morgan fingerprint density at radius 3 is 1.45 bits per heavy atom. The highest BCUT2D eigenvalue weighted by molar-refractivity contribution is 5.82. The van der Waals surface area contributed by atoms with E-state index in [1.54, 1.807) is 12.4 Å². The molecule has 0 atom stereocenters. The van der Waals surface area contributed by atoms with Crippen LogP contribution >= 0.6 is 0 Å². The molecule has 106 valence electrons. The summed E-state index contributed by atoms with van der Waals surface area (Å²) in [5.41, 5.74) is 2.09. The molecular formula is C19H15N3. The van der Waals surface area contributed by atoms with Crippen molar-refractivity contribution in [3.05, 3.63) is 90.0 Å². The maximum Gasteiger partial charge on any atom is 0.154 e. The van der Waals surface area contributed by atoms with Crippen molar-refractivity contribution in [3.63, 3.8) is 0 Å². The lowest BCUT2D eigenvalue weighted by Gasteiger charge is -1.96. The van der Waals surface area contributed by atoms with E-state index in [2.05, 4.69) is 15.0 Å².